The topological polar surface area (TPSA) is 40.0 Å². The lowest BCUT2D eigenvalue weighted by atomic mass is 10.1. The van der Waals surface area contributed by atoms with Crippen LogP contribution in [0.25, 0.3) is 0 Å². The van der Waals surface area contributed by atoms with Crippen LogP contribution in [0, 0.1) is 0 Å². The lowest BCUT2D eigenvalue weighted by molar-refractivity contribution is 0.0874. The van der Waals surface area contributed by atoms with E-state index in [2.05, 4.69) is 17.1 Å². The van der Waals surface area contributed by atoms with Crippen molar-refractivity contribution >= 4 is 14.5 Å². The molecular formula is C15H25NO3Si. The zero-order valence-corrected chi connectivity index (χ0v) is 13.9. The van der Waals surface area contributed by atoms with Crippen LogP contribution in [0.15, 0.2) is 35.3 Å². The van der Waals surface area contributed by atoms with E-state index < -0.39 is 8.80 Å². The Hall–Kier alpha value is -1.01. The highest BCUT2D eigenvalue weighted by Crippen LogP contribution is 2.15. The Kier molecular flexibility index (Phi) is 7.69. The summed E-state index contributed by atoms with van der Waals surface area (Å²) in [4.78, 5) is 4.60. The van der Waals surface area contributed by atoms with Crippen molar-refractivity contribution in [2.24, 2.45) is 4.99 Å². The molecule has 20 heavy (non-hydrogen) atoms. The third kappa shape index (κ3) is 5.17. The molecule has 0 atom stereocenters. The molecule has 0 N–H and O–H groups in total. The first-order valence-electron chi connectivity index (χ1n) is 7.07. The summed E-state index contributed by atoms with van der Waals surface area (Å²) in [6.07, 6.45) is 0. The van der Waals surface area contributed by atoms with Gasteiger partial charge in [0.15, 0.2) is 0 Å². The first kappa shape index (κ1) is 17.0. The van der Waals surface area contributed by atoms with Crippen molar-refractivity contribution in [3.8, 4) is 0 Å². The van der Waals surface area contributed by atoms with Crippen molar-refractivity contribution < 1.29 is 13.3 Å². The molecule has 0 saturated heterocycles. The van der Waals surface area contributed by atoms with Gasteiger partial charge in [-0.25, -0.2) is 0 Å². The summed E-state index contributed by atoms with van der Waals surface area (Å²) in [5.74, 6) is 0. The number of aliphatic imine (C=N–C) groups is 1. The number of nitrogens with zero attached hydrogens (tertiary/aromatic N) is 1. The molecule has 5 heteroatoms. The summed E-state index contributed by atoms with van der Waals surface area (Å²) in [5.41, 5.74) is 2.17. The molecule has 1 rings (SSSR count). The van der Waals surface area contributed by atoms with E-state index in [-0.39, 0.29) is 0 Å². The molecule has 0 saturated carbocycles. The summed E-state index contributed by atoms with van der Waals surface area (Å²) in [6, 6.07) is 10.9. The second-order valence-electron chi connectivity index (χ2n) is 4.34. The van der Waals surface area contributed by atoms with Gasteiger partial charge in [-0.2, -0.15) is 0 Å². The molecule has 0 heterocycles. The first-order valence-corrected chi connectivity index (χ1v) is 9.00. The normalized spacial score (nSPS) is 12.7. The summed E-state index contributed by atoms with van der Waals surface area (Å²) >= 11 is 0. The maximum absolute atomic E-state index is 5.73. The molecule has 0 fully saturated rings. The maximum atomic E-state index is 5.73. The van der Waals surface area contributed by atoms with E-state index in [1.54, 1.807) is 7.11 Å². The summed E-state index contributed by atoms with van der Waals surface area (Å²) in [7, 11) is -0.886. The van der Waals surface area contributed by atoms with Crippen LogP contribution < -0.4 is 0 Å². The van der Waals surface area contributed by atoms with Gasteiger partial charge in [-0.05, 0) is 26.3 Å². The van der Waals surface area contributed by atoms with Crippen molar-refractivity contribution in [2.75, 3.05) is 26.9 Å². The molecule has 0 amide bonds. The fraction of sp³-hybridized carbons (Fsp3) is 0.533. The quantitative estimate of drug-likeness (QED) is 0.519. The molecule has 0 aromatic heterocycles. The van der Waals surface area contributed by atoms with Gasteiger partial charge >= 0.3 is 8.80 Å². The van der Waals surface area contributed by atoms with Crippen LogP contribution in [0.2, 0.25) is 6.04 Å². The van der Waals surface area contributed by atoms with E-state index in [1.165, 1.54) is 0 Å². The standard InChI is InChI=1S/C15H25NO3Si/c1-5-18-20(17-4,19-6-2)13-12-16-14(3)15-10-8-7-9-11-15/h7-11H,5-6,12-13H2,1-4H3/b16-14+. The zero-order chi connectivity index (χ0) is 14.8. The minimum absolute atomic E-state index is 0.599. The average Bonchev–Trinajstić information content (AvgIpc) is 2.48. The molecule has 1 aromatic rings. The highest BCUT2D eigenvalue weighted by Gasteiger charge is 2.38. The minimum atomic E-state index is -2.54. The lowest BCUT2D eigenvalue weighted by Gasteiger charge is -2.26. The van der Waals surface area contributed by atoms with E-state index in [0.717, 1.165) is 11.3 Å². The number of benzene rings is 1. The molecule has 112 valence electrons. The molecule has 0 bridgehead atoms. The van der Waals surface area contributed by atoms with Crippen LogP contribution in [0.5, 0.6) is 0 Å². The first-order chi connectivity index (χ1) is 9.67. The minimum Gasteiger partial charge on any atom is -0.377 e. The second-order valence-corrected chi connectivity index (χ2v) is 7.19. The van der Waals surface area contributed by atoms with Crippen LogP contribution >= 0.6 is 0 Å². The third-order valence-electron chi connectivity index (χ3n) is 3.00. The third-order valence-corrected chi connectivity index (χ3v) is 5.91. The summed E-state index contributed by atoms with van der Waals surface area (Å²) in [5, 5.41) is 0. The van der Waals surface area contributed by atoms with Gasteiger partial charge in [0.25, 0.3) is 0 Å². The van der Waals surface area contributed by atoms with E-state index in [0.29, 0.717) is 25.8 Å². The Morgan fingerprint density at radius 3 is 2.20 bits per heavy atom. The fourth-order valence-corrected chi connectivity index (χ4v) is 4.05. The Morgan fingerprint density at radius 2 is 1.70 bits per heavy atom. The molecule has 4 nitrogen and oxygen atoms in total. The molecule has 0 aliphatic carbocycles. The highest BCUT2D eigenvalue weighted by atomic mass is 28.4. The van der Waals surface area contributed by atoms with Gasteiger partial charge in [0.05, 0.1) is 0 Å². The van der Waals surface area contributed by atoms with Crippen molar-refractivity contribution in [1.82, 2.24) is 0 Å². The summed E-state index contributed by atoms with van der Waals surface area (Å²) < 4.78 is 17.0. The monoisotopic (exact) mass is 295 g/mol. The van der Waals surface area contributed by atoms with E-state index in [1.807, 2.05) is 39.0 Å². The van der Waals surface area contributed by atoms with Gasteiger partial charge in [0.1, 0.15) is 0 Å². The van der Waals surface area contributed by atoms with Gasteiger partial charge in [-0.15, -0.1) is 0 Å². The van der Waals surface area contributed by atoms with E-state index in [9.17, 15) is 0 Å². The Labute approximate surface area is 123 Å². The lowest BCUT2D eigenvalue weighted by Crippen LogP contribution is -2.45. The highest BCUT2D eigenvalue weighted by molar-refractivity contribution is 6.60. The predicted molar refractivity (Wildman–Crippen MR) is 84.3 cm³/mol. The fourth-order valence-electron chi connectivity index (χ4n) is 1.98. The molecule has 1 aromatic carbocycles. The van der Waals surface area contributed by atoms with Crippen molar-refractivity contribution in [3.05, 3.63) is 35.9 Å². The van der Waals surface area contributed by atoms with Gasteiger partial charge in [-0.1, -0.05) is 30.3 Å². The van der Waals surface area contributed by atoms with Crippen molar-refractivity contribution in [3.63, 3.8) is 0 Å². The number of rotatable bonds is 9. The predicted octanol–water partition coefficient (Wildman–Crippen LogP) is 3.15. The average molecular weight is 295 g/mol. The molecule has 0 spiro atoms. The molecule has 0 aliphatic heterocycles. The van der Waals surface area contributed by atoms with Crippen LogP contribution in [0.4, 0.5) is 0 Å². The van der Waals surface area contributed by atoms with Crippen LogP contribution in [-0.2, 0) is 13.3 Å². The van der Waals surface area contributed by atoms with Gasteiger partial charge in [-0.3, -0.25) is 4.99 Å². The Bertz CT molecular complexity index is 403. The zero-order valence-electron chi connectivity index (χ0n) is 12.9. The Morgan fingerprint density at radius 1 is 1.10 bits per heavy atom. The van der Waals surface area contributed by atoms with E-state index >= 15 is 0 Å². The van der Waals surface area contributed by atoms with Crippen LogP contribution in [0.1, 0.15) is 26.3 Å². The number of hydrogen-bond donors (Lipinski definition) is 0. The van der Waals surface area contributed by atoms with E-state index in [4.69, 9.17) is 13.3 Å². The smallest absolute Gasteiger partial charge is 0.377 e. The van der Waals surface area contributed by atoms with Gasteiger partial charge in [0, 0.05) is 38.6 Å². The maximum Gasteiger partial charge on any atom is 0.502 e. The second kappa shape index (κ2) is 9.02. The number of hydrogen-bond acceptors (Lipinski definition) is 4. The summed E-state index contributed by atoms with van der Waals surface area (Å²) in [6.45, 7) is 7.78. The Balaban J connectivity index is 2.63. The van der Waals surface area contributed by atoms with Crippen LogP contribution in [-0.4, -0.2) is 41.4 Å². The van der Waals surface area contributed by atoms with Crippen LogP contribution in [0.3, 0.4) is 0 Å². The van der Waals surface area contributed by atoms with Crippen molar-refractivity contribution in [2.45, 2.75) is 26.8 Å². The largest absolute Gasteiger partial charge is 0.502 e. The van der Waals surface area contributed by atoms with Gasteiger partial charge < -0.3 is 13.3 Å². The molecule has 0 aliphatic rings. The van der Waals surface area contributed by atoms with Gasteiger partial charge in [0.2, 0.25) is 0 Å². The molecule has 0 unspecified atom stereocenters. The molecular weight excluding hydrogens is 270 g/mol. The van der Waals surface area contributed by atoms with Crippen molar-refractivity contribution in [1.29, 1.82) is 0 Å². The molecule has 0 radical (unpaired) electrons. The SMILES string of the molecule is CCO[Si](CC/N=C(\C)c1ccccc1)(OC)OCC.